The fourth-order valence-electron chi connectivity index (χ4n) is 2.06. The van der Waals surface area contributed by atoms with Gasteiger partial charge in [0.15, 0.2) is 0 Å². The molecule has 3 rings (SSSR count). The summed E-state index contributed by atoms with van der Waals surface area (Å²) in [6, 6.07) is 4.10. The quantitative estimate of drug-likeness (QED) is 0.727. The fourth-order valence-corrected chi connectivity index (χ4v) is 3.11. The Labute approximate surface area is 125 Å². The van der Waals surface area contributed by atoms with Gasteiger partial charge in [-0.15, -0.1) is 11.3 Å². The lowest BCUT2D eigenvalue weighted by molar-refractivity contribution is -0.254. The molecule has 0 saturated carbocycles. The lowest BCUT2D eigenvalue weighted by atomic mass is 10.1. The average Bonchev–Trinajstić information content (AvgIpc) is 2.86. The third-order valence-electron chi connectivity index (χ3n) is 2.99. The molecule has 0 atom stereocenters. The Morgan fingerprint density at radius 3 is 2.64 bits per heavy atom. The minimum Gasteiger partial charge on any atom is -0.544 e. The molecule has 112 valence electrons. The molecule has 0 radical (unpaired) electrons. The van der Waals surface area contributed by atoms with Gasteiger partial charge in [0.2, 0.25) is 0 Å². The van der Waals surface area contributed by atoms with E-state index in [0.29, 0.717) is 23.1 Å². The summed E-state index contributed by atoms with van der Waals surface area (Å²) in [5, 5.41) is 11.3. The van der Waals surface area contributed by atoms with E-state index in [9.17, 15) is 23.1 Å². The Bertz CT molecular complexity index is 860. The maximum atomic E-state index is 12.7. The molecule has 0 aliphatic heterocycles. The van der Waals surface area contributed by atoms with Gasteiger partial charge in [-0.05, 0) is 12.1 Å². The van der Waals surface area contributed by atoms with Crippen LogP contribution in [-0.2, 0) is 6.18 Å². The number of fused-ring (bicyclic) bond motifs is 1. The molecular formula is C14H6F3N2O2S-. The molecule has 0 bridgehead atoms. The summed E-state index contributed by atoms with van der Waals surface area (Å²) in [5.41, 5.74) is -0.0592. The van der Waals surface area contributed by atoms with Crippen LogP contribution < -0.4 is 5.11 Å². The Morgan fingerprint density at radius 2 is 2.05 bits per heavy atom. The van der Waals surface area contributed by atoms with Crippen LogP contribution in [0.15, 0.2) is 36.8 Å². The van der Waals surface area contributed by atoms with Crippen LogP contribution in [0.1, 0.15) is 15.2 Å². The van der Waals surface area contributed by atoms with E-state index in [1.807, 2.05) is 0 Å². The van der Waals surface area contributed by atoms with Crippen LogP contribution in [0.5, 0.6) is 0 Å². The maximum Gasteiger partial charge on any atom is 0.417 e. The Kier molecular flexibility index (Phi) is 3.32. The number of rotatable bonds is 2. The van der Waals surface area contributed by atoms with Crippen LogP contribution in [0, 0.1) is 0 Å². The smallest absolute Gasteiger partial charge is 0.417 e. The monoisotopic (exact) mass is 323 g/mol. The lowest BCUT2D eigenvalue weighted by Crippen LogP contribution is -2.21. The topological polar surface area (TPSA) is 65.9 Å². The molecule has 0 aliphatic carbocycles. The van der Waals surface area contributed by atoms with Crippen molar-refractivity contribution in [1.82, 2.24) is 9.97 Å². The van der Waals surface area contributed by atoms with Gasteiger partial charge in [-0.3, -0.25) is 9.97 Å². The molecule has 4 nitrogen and oxygen atoms in total. The van der Waals surface area contributed by atoms with Crippen LogP contribution >= 0.6 is 11.3 Å². The minimum atomic E-state index is -4.54. The van der Waals surface area contributed by atoms with Gasteiger partial charge < -0.3 is 9.90 Å². The second-order valence-electron chi connectivity index (χ2n) is 4.40. The highest BCUT2D eigenvalue weighted by Crippen LogP contribution is 2.39. The number of nitrogens with zero attached hydrogens (tertiary/aromatic N) is 2. The van der Waals surface area contributed by atoms with Gasteiger partial charge in [0.25, 0.3) is 0 Å². The third-order valence-corrected chi connectivity index (χ3v) is 4.10. The molecule has 3 aromatic rings. The summed E-state index contributed by atoms with van der Waals surface area (Å²) >= 11 is 0.705. The largest absolute Gasteiger partial charge is 0.544 e. The van der Waals surface area contributed by atoms with Crippen LogP contribution in [0.25, 0.3) is 21.3 Å². The third kappa shape index (κ3) is 2.41. The molecule has 0 aromatic carbocycles. The lowest BCUT2D eigenvalue weighted by Gasteiger charge is -2.06. The zero-order valence-corrected chi connectivity index (χ0v) is 11.5. The van der Waals surface area contributed by atoms with Crippen LogP contribution in [0.2, 0.25) is 0 Å². The van der Waals surface area contributed by atoms with Gasteiger partial charge in [0, 0.05) is 29.7 Å². The predicted octanol–water partition coefficient (Wildman–Crippen LogP) is 2.74. The van der Waals surface area contributed by atoms with Crippen molar-refractivity contribution >= 4 is 27.5 Å². The SMILES string of the molecule is O=C([O-])c1sc2cc(C(F)(F)F)cnc2c1-c1cccnc1. The second-order valence-corrected chi connectivity index (χ2v) is 5.46. The van der Waals surface area contributed by atoms with Gasteiger partial charge in [-0.2, -0.15) is 13.2 Å². The molecule has 0 unspecified atom stereocenters. The summed E-state index contributed by atoms with van der Waals surface area (Å²) < 4.78 is 38.3. The first-order valence-electron chi connectivity index (χ1n) is 5.99. The van der Waals surface area contributed by atoms with Crippen molar-refractivity contribution in [2.24, 2.45) is 0 Å². The first kappa shape index (κ1) is 14.5. The van der Waals surface area contributed by atoms with Crippen molar-refractivity contribution < 1.29 is 23.1 Å². The van der Waals surface area contributed by atoms with Crippen molar-refractivity contribution in [2.75, 3.05) is 0 Å². The van der Waals surface area contributed by atoms with Crippen molar-refractivity contribution in [3.63, 3.8) is 0 Å². The van der Waals surface area contributed by atoms with E-state index in [4.69, 9.17) is 0 Å². The van der Waals surface area contributed by atoms with Gasteiger partial charge in [0.1, 0.15) is 0 Å². The van der Waals surface area contributed by atoms with Crippen molar-refractivity contribution in [3.8, 4) is 11.1 Å². The Hall–Kier alpha value is -2.48. The van der Waals surface area contributed by atoms with E-state index >= 15 is 0 Å². The van der Waals surface area contributed by atoms with Crippen LogP contribution in [-0.4, -0.2) is 15.9 Å². The van der Waals surface area contributed by atoms with Gasteiger partial charge in [-0.25, -0.2) is 0 Å². The standard InChI is InChI=1S/C14H7F3N2O2S/c15-14(16,17)8-4-9-11(19-6-8)10(12(22-9)13(20)21)7-2-1-3-18-5-7/h1-6H,(H,20,21)/p-1. The number of pyridine rings is 2. The number of hydrogen-bond donors (Lipinski definition) is 0. The summed E-state index contributed by atoms with van der Waals surface area (Å²) in [5.74, 6) is -1.46. The summed E-state index contributed by atoms with van der Waals surface area (Å²) in [6.45, 7) is 0. The van der Waals surface area contributed by atoms with E-state index in [1.54, 1.807) is 12.1 Å². The molecule has 0 amide bonds. The van der Waals surface area contributed by atoms with Gasteiger partial charge in [0.05, 0.1) is 26.6 Å². The highest BCUT2D eigenvalue weighted by atomic mass is 32.1. The normalized spacial score (nSPS) is 11.8. The summed E-state index contributed by atoms with van der Waals surface area (Å²) in [7, 11) is 0. The molecule has 0 spiro atoms. The number of carboxylic acids is 1. The highest BCUT2D eigenvalue weighted by molar-refractivity contribution is 7.21. The van der Waals surface area contributed by atoms with Crippen molar-refractivity contribution in [2.45, 2.75) is 6.18 Å². The highest BCUT2D eigenvalue weighted by Gasteiger charge is 2.32. The predicted molar refractivity (Wildman–Crippen MR) is 72.2 cm³/mol. The molecule has 0 saturated heterocycles. The van der Waals surface area contributed by atoms with E-state index in [2.05, 4.69) is 9.97 Å². The van der Waals surface area contributed by atoms with E-state index in [-0.39, 0.29) is 20.7 Å². The number of carbonyl (C=O) groups excluding carboxylic acids is 1. The second kappa shape index (κ2) is 5.06. The molecular weight excluding hydrogens is 317 g/mol. The molecule has 0 fully saturated rings. The number of thiophene rings is 1. The number of aromatic carboxylic acids is 1. The van der Waals surface area contributed by atoms with E-state index < -0.39 is 17.7 Å². The van der Waals surface area contributed by atoms with E-state index in [1.165, 1.54) is 12.4 Å². The molecule has 8 heteroatoms. The number of hydrogen-bond acceptors (Lipinski definition) is 5. The molecule has 22 heavy (non-hydrogen) atoms. The minimum absolute atomic E-state index is 0.132. The molecule has 0 aliphatic rings. The average molecular weight is 323 g/mol. The zero-order valence-electron chi connectivity index (χ0n) is 10.7. The Morgan fingerprint density at radius 1 is 1.27 bits per heavy atom. The number of alkyl halides is 3. The van der Waals surface area contributed by atoms with Crippen LogP contribution in [0.4, 0.5) is 13.2 Å². The fraction of sp³-hybridized carbons (Fsp3) is 0.0714. The van der Waals surface area contributed by atoms with Crippen molar-refractivity contribution in [1.29, 1.82) is 0 Å². The number of carboxylic acid groups (broad SMARTS) is 1. The van der Waals surface area contributed by atoms with Crippen LogP contribution in [0.3, 0.4) is 0 Å². The van der Waals surface area contributed by atoms with E-state index in [0.717, 1.165) is 6.07 Å². The first-order chi connectivity index (χ1) is 10.4. The maximum absolute atomic E-state index is 12.7. The number of halogens is 3. The summed E-state index contributed by atoms with van der Waals surface area (Å²) in [6.07, 6.45) is -0.922. The van der Waals surface area contributed by atoms with Gasteiger partial charge in [-0.1, -0.05) is 6.07 Å². The molecule has 3 aromatic heterocycles. The first-order valence-corrected chi connectivity index (χ1v) is 6.81. The molecule has 3 heterocycles. The van der Waals surface area contributed by atoms with Gasteiger partial charge >= 0.3 is 6.18 Å². The summed E-state index contributed by atoms with van der Waals surface area (Å²) in [4.78, 5) is 18.8. The number of carbonyl (C=O) groups is 1. The van der Waals surface area contributed by atoms with Crippen molar-refractivity contribution in [3.05, 3.63) is 47.2 Å². The zero-order chi connectivity index (χ0) is 15.9. The molecule has 0 N–H and O–H groups in total. The Balaban J connectivity index is 2.31. The number of aromatic nitrogens is 2.